The van der Waals surface area contributed by atoms with Crippen LogP contribution in [0.15, 0.2) is 6.07 Å². The number of halogens is 6. The van der Waals surface area contributed by atoms with Crippen molar-refractivity contribution in [1.82, 2.24) is 4.98 Å². The van der Waals surface area contributed by atoms with Gasteiger partial charge in [-0.25, -0.2) is 18.6 Å². The number of hydrogen-bond acceptors (Lipinski definition) is 4. The van der Waals surface area contributed by atoms with Crippen LogP contribution in [0.4, 0.5) is 22.0 Å². The standard InChI is InChI=1S/C11H9BrF5NO3/c1-2-20-10(19)8-7(21-11(15,16)17)3-5(9(13)14)6(4-12)18-8/h3,9H,2,4H2,1H3. The number of carbonyl (C=O) groups is 1. The quantitative estimate of drug-likeness (QED) is 0.442. The number of ether oxygens (including phenoxy) is 2. The monoisotopic (exact) mass is 377 g/mol. The Labute approximate surface area is 124 Å². The van der Waals surface area contributed by atoms with Crippen LogP contribution in [-0.2, 0) is 10.1 Å². The van der Waals surface area contributed by atoms with Gasteiger partial charge in [-0.3, -0.25) is 0 Å². The first-order valence-corrected chi connectivity index (χ1v) is 6.62. The fourth-order valence-corrected chi connectivity index (χ4v) is 1.84. The minimum Gasteiger partial charge on any atom is -0.461 e. The minimum atomic E-state index is -5.15. The summed E-state index contributed by atoms with van der Waals surface area (Å²) in [4.78, 5) is 15.1. The van der Waals surface area contributed by atoms with Gasteiger partial charge in [-0.2, -0.15) is 0 Å². The molecule has 0 radical (unpaired) electrons. The highest BCUT2D eigenvalue weighted by Crippen LogP contribution is 2.32. The summed E-state index contributed by atoms with van der Waals surface area (Å²) in [6.07, 6.45) is -8.23. The lowest BCUT2D eigenvalue weighted by Gasteiger charge is -2.15. The van der Waals surface area contributed by atoms with Crippen LogP contribution in [0, 0.1) is 0 Å². The van der Waals surface area contributed by atoms with Crippen molar-refractivity contribution in [2.24, 2.45) is 0 Å². The molecule has 0 aliphatic rings. The molecular formula is C11H9BrF5NO3. The van der Waals surface area contributed by atoms with Gasteiger partial charge in [-0.15, -0.1) is 13.2 Å². The molecule has 1 aromatic heterocycles. The van der Waals surface area contributed by atoms with Gasteiger partial charge in [-0.05, 0) is 13.0 Å². The molecule has 0 unspecified atom stereocenters. The number of nitrogens with zero attached hydrogens (tertiary/aromatic N) is 1. The number of aromatic nitrogens is 1. The van der Waals surface area contributed by atoms with Gasteiger partial charge in [0.1, 0.15) is 0 Å². The summed E-state index contributed by atoms with van der Waals surface area (Å²) in [5, 5.41) is -0.175. The molecule has 0 aromatic carbocycles. The van der Waals surface area contributed by atoms with Crippen LogP contribution in [0.5, 0.6) is 5.75 Å². The molecule has 10 heteroatoms. The smallest absolute Gasteiger partial charge is 0.461 e. The van der Waals surface area contributed by atoms with E-state index < -0.39 is 35.8 Å². The van der Waals surface area contributed by atoms with E-state index in [1.807, 2.05) is 0 Å². The van der Waals surface area contributed by atoms with Crippen molar-refractivity contribution in [3.63, 3.8) is 0 Å². The Balaban J connectivity index is 3.40. The third-order valence-corrected chi connectivity index (χ3v) is 2.69. The minimum absolute atomic E-state index is 0.119. The van der Waals surface area contributed by atoms with Crippen LogP contribution in [0.3, 0.4) is 0 Å². The number of carbonyl (C=O) groups excluding carboxylic acids is 1. The predicted molar refractivity (Wildman–Crippen MR) is 64.5 cm³/mol. The number of alkyl halides is 6. The lowest BCUT2D eigenvalue weighted by Crippen LogP contribution is -2.21. The van der Waals surface area contributed by atoms with Crippen molar-refractivity contribution in [2.45, 2.75) is 25.0 Å². The Bertz CT molecular complexity index is 521. The molecule has 0 aliphatic heterocycles. The molecule has 1 rings (SSSR count). The number of esters is 1. The van der Waals surface area contributed by atoms with Crippen LogP contribution in [0.25, 0.3) is 0 Å². The van der Waals surface area contributed by atoms with Crippen LogP contribution in [0.2, 0.25) is 0 Å². The van der Waals surface area contributed by atoms with Crippen molar-refractivity contribution < 1.29 is 36.2 Å². The molecule has 0 saturated heterocycles. The first kappa shape index (κ1) is 17.6. The summed E-state index contributed by atoms with van der Waals surface area (Å²) in [7, 11) is 0. The summed E-state index contributed by atoms with van der Waals surface area (Å²) in [5.41, 5.74) is -1.85. The van der Waals surface area contributed by atoms with Gasteiger partial charge in [0.15, 0.2) is 11.4 Å². The first-order valence-electron chi connectivity index (χ1n) is 5.50. The normalized spacial score (nSPS) is 11.6. The second-order valence-electron chi connectivity index (χ2n) is 3.57. The number of rotatable bonds is 5. The summed E-state index contributed by atoms with van der Waals surface area (Å²) in [6.45, 7) is 1.31. The summed E-state index contributed by atoms with van der Waals surface area (Å²) < 4.78 is 70.6. The lowest BCUT2D eigenvalue weighted by atomic mass is 10.1. The molecule has 0 bridgehead atoms. The van der Waals surface area contributed by atoms with E-state index in [1.165, 1.54) is 6.92 Å². The Hall–Kier alpha value is -1.45. The maximum atomic E-state index is 12.8. The zero-order valence-electron chi connectivity index (χ0n) is 10.5. The summed E-state index contributed by atoms with van der Waals surface area (Å²) in [5.74, 6) is -2.32. The van der Waals surface area contributed by atoms with Crippen molar-refractivity contribution >= 4 is 21.9 Å². The van der Waals surface area contributed by atoms with E-state index >= 15 is 0 Å². The molecule has 0 fully saturated rings. The van der Waals surface area contributed by atoms with Gasteiger partial charge < -0.3 is 9.47 Å². The van der Waals surface area contributed by atoms with Crippen molar-refractivity contribution in [3.8, 4) is 5.75 Å². The molecule has 0 atom stereocenters. The van der Waals surface area contributed by atoms with E-state index in [0.29, 0.717) is 6.07 Å². The molecule has 1 heterocycles. The van der Waals surface area contributed by atoms with Gasteiger partial charge >= 0.3 is 12.3 Å². The third kappa shape index (κ3) is 4.80. The van der Waals surface area contributed by atoms with E-state index in [-0.39, 0.29) is 17.6 Å². The highest BCUT2D eigenvalue weighted by atomic mass is 79.9. The number of hydrogen-bond donors (Lipinski definition) is 0. The molecule has 21 heavy (non-hydrogen) atoms. The molecule has 1 aromatic rings. The highest BCUT2D eigenvalue weighted by molar-refractivity contribution is 9.08. The van der Waals surface area contributed by atoms with Crippen LogP contribution < -0.4 is 4.74 Å². The highest BCUT2D eigenvalue weighted by Gasteiger charge is 2.35. The van der Waals surface area contributed by atoms with E-state index in [4.69, 9.17) is 0 Å². The maximum Gasteiger partial charge on any atom is 0.573 e. The molecule has 4 nitrogen and oxygen atoms in total. The van der Waals surface area contributed by atoms with Gasteiger partial charge in [0.2, 0.25) is 0 Å². The van der Waals surface area contributed by atoms with Gasteiger partial charge in [0.05, 0.1) is 12.3 Å². The van der Waals surface area contributed by atoms with Gasteiger partial charge in [0.25, 0.3) is 6.43 Å². The number of pyridine rings is 1. The van der Waals surface area contributed by atoms with E-state index in [2.05, 4.69) is 30.4 Å². The van der Waals surface area contributed by atoms with Crippen LogP contribution >= 0.6 is 15.9 Å². The molecular weight excluding hydrogens is 369 g/mol. The lowest BCUT2D eigenvalue weighted by molar-refractivity contribution is -0.274. The maximum absolute atomic E-state index is 12.8. The zero-order chi connectivity index (χ0) is 16.2. The van der Waals surface area contributed by atoms with Crippen LogP contribution in [-0.4, -0.2) is 23.9 Å². The fourth-order valence-electron chi connectivity index (χ4n) is 1.39. The largest absolute Gasteiger partial charge is 0.573 e. The molecule has 0 saturated carbocycles. The van der Waals surface area contributed by atoms with Crippen molar-refractivity contribution in [3.05, 3.63) is 23.0 Å². The van der Waals surface area contributed by atoms with E-state index in [1.54, 1.807) is 0 Å². The fraction of sp³-hybridized carbons (Fsp3) is 0.455. The Morgan fingerprint density at radius 2 is 2.05 bits per heavy atom. The first-order chi connectivity index (χ1) is 9.69. The van der Waals surface area contributed by atoms with Gasteiger partial charge in [0, 0.05) is 10.9 Å². The van der Waals surface area contributed by atoms with E-state index in [0.717, 1.165) is 0 Å². The second-order valence-corrected chi connectivity index (χ2v) is 4.13. The second kappa shape index (κ2) is 7.01. The van der Waals surface area contributed by atoms with Crippen molar-refractivity contribution in [1.29, 1.82) is 0 Å². The third-order valence-electron chi connectivity index (χ3n) is 2.16. The zero-order valence-corrected chi connectivity index (χ0v) is 12.1. The van der Waals surface area contributed by atoms with Gasteiger partial charge in [-0.1, -0.05) is 15.9 Å². The predicted octanol–water partition coefficient (Wildman–Crippen LogP) is 3.99. The topological polar surface area (TPSA) is 48.4 Å². The molecule has 0 spiro atoms. The molecule has 0 aliphatic carbocycles. The Morgan fingerprint density at radius 3 is 2.48 bits per heavy atom. The summed E-state index contributed by atoms with van der Waals surface area (Å²) in [6, 6.07) is 0.438. The Kier molecular flexibility index (Phi) is 5.87. The average molecular weight is 378 g/mol. The average Bonchev–Trinajstić information content (AvgIpc) is 2.36. The SMILES string of the molecule is CCOC(=O)c1nc(CBr)c(C(F)F)cc1OC(F)(F)F. The molecule has 118 valence electrons. The molecule has 0 amide bonds. The van der Waals surface area contributed by atoms with Crippen LogP contribution in [0.1, 0.15) is 35.1 Å². The van der Waals surface area contributed by atoms with Crippen molar-refractivity contribution in [2.75, 3.05) is 6.61 Å². The Morgan fingerprint density at radius 1 is 1.43 bits per heavy atom. The summed E-state index contributed by atoms with van der Waals surface area (Å²) >= 11 is 2.87. The molecule has 0 N–H and O–H groups in total. The van der Waals surface area contributed by atoms with E-state index in [9.17, 15) is 26.7 Å².